The van der Waals surface area contributed by atoms with Crippen LogP contribution in [-0.2, 0) is 11.3 Å². The molecule has 0 radical (unpaired) electrons. The molecular formula is C24H34FN7O3. The minimum absolute atomic E-state index is 0.00788. The first kappa shape index (κ1) is 26.2. The number of benzene rings is 1. The van der Waals surface area contributed by atoms with E-state index in [0.29, 0.717) is 30.6 Å². The molecule has 3 rings (SSSR count). The highest BCUT2D eigenvalue weighted by Crippen LogP contribution is 2.30. The summed E-state index contributed by atoms with van der Waals surface area (Å²) in [4.78, 5) is 16.4. The number of primary amides is 1. The van der Waals surface area contributed by atoms with Gasteiger partial charge in [0.15, 0.2) is 11.6 Å². The normalized spacial score (nSPS) is 13.1. The van der Waals surface area contributed by atoms with Gasteiger partial charge in [-0.25, -0.2) is 9.37 Å². The molecule has 0 aliphatic rings. The van der Waals surface area contributed by atoms with E-state index in [1.807, 2.05) is 19.1 Å². The molecule has 0 aliphatic carbocycles. The van der Waals surface area contributed by atoms with E-state index in [-0.39, 0.29) is 29.3 Å². The summed E-state index contributed by atoms with van der Waals surface area (Å²) in [5.41, 5.74) is 13.0. The largest absolute Gasteiger partial charge is 0.479 e. The summed E-state index contributed by atoms with van der Waals surface area (Å²) in [5.74, 6) is -0.586. The fourth-order valence-corrected chi connectivity index (χ4v) is 3.82. The van der Waals surface area contributed by atoms with E-state index < -0.39 is 11.7 Å². The molecule has 1 amide bonds. The van der Waals surface area contributed by atoms with Crippen LogP contribution < -0.4 is 26.8 Å². The molecule has 190 valence electrons. The highest BCUT2D eigenvalue weighted by Gasteiger charge is 2.21. The molecule has 10 nitrogen and oxygen atoms in total. The Balaban J connectivity index is 1.99. The van der Waals surface area contributed by atoms with Gasteiger partial charge >= 0.3 is 0 Å². The minimum Gasteiger partial charge on any atom is -0.479 e. The second kappa shape index (κ2) is 11.3. The van der Waals surface area contributed by atoms with Crippen LogP contribution in [0.2, 0.25) is 0 Å². The van der Waals surface area contributed by atoms with Crippen LogP contribution in [0.5, 0.6) is 5.88 Å². The maximum atomic E-state index is 14.9. The number of rotatable bonds is 12. The molecular weight excluding hydrogens is 453 g/mol. The number of anilines is 3. The van der Waals surface area contributed by atoms with Crippen LogP contribution in [-0.4, -0.2) is 53.6 Å². The number of ether oxygens (including phenoxy) is 2. The molecule has 6 N–H and O–H groups in total. The smallest absolute Gasteiger partial charge is 0.252 e. The molecule has 0 fully saturated rings. The van der Waals surface area contributed by atoms with E-state index in [0.717, 1.165) is 23.4 Å². The third-order valence-corrected chi connectivity index (χ3v) is 5.60. The molecule has 2 heterocycles. The lowest BCUT2D eigenvalue weighted by Gasteiger charge is -2.25. The number of fused-ring (bicyclic) bond motifs is 1. The summed E-state index contributed by atoms with van der Waals surface area (Å²) in [7, 11) is 3.17. The quantitative estimate of drug-likeness (QED) is 0.305. The Morgan fingerprint density at radius 2 is 1.94 bits per heavy atom. The zero-order valence-electron chi connectivity index (χ0n) is 20.8. The molecule has 35 heavy (non-hydrogen) atoms. The summed E-state index contributed by atoms with van der Waals surface area (Å²) in [5, 5.41) is 11.4. The summed E-state index contributed by atoms with van der Waals surface area (Å²) in [6.45, 7) is 7.03. The molecule has 0 saturated heterocycles. The summed E-state index contributed by atoms with van der Waals surface area (Å²) in [6, 6.07) is 6.12. The molecule has 0 bridgehead atoms. The number of amides is 1. The van der Waals surface area contributed by atoms with Crippen LogP contribution in [0.3, 0.4) is 0 Å². The SMILES string of the molecule is COCCn1nc(OC)c2cc(Nc3nc(N[C@H](CC(C)C)[C@H](C)N)c(F)cc3C(N)=O)ccc21. The van der Waals surface area contributed by atoms with E-state index in [1.165, 1.54) is 0 Å². The number of carbonyl (C=O) groups excluding carboxylic acids is 1. The summed E-state index contributed by atoms with van der Waals surface area (Å²) < 4.78 is 27.2. The van der Waals surface area contributed by atoms with Crippen LogP contribution in [0.15, 0.2) is 24.3 Å². The van der Waals surface area contributed by atoms with Crippen molar-refractivity contribution < 1.29 is 18.7 Å². The van der Waals surface area contributed by atoms with Crippen molar-refractivity contribution in [1.82, 2.24) is 14.8 Å². The number of nitrogens with zero attached hydrogens (tertiary/aromatic N) is 3. The van der Waals surface area contributed by atoms with Gasteiger partial charge in [0.1, 0.15) is 5.82 Å². The van der Waals surface area contributed by atoms with Crippen molar-refractivity contribution in [3.05, 3.63) is 35.6 Å². The third kappa shape index (κ3) is 6.17. The predicted molar refractivity (Wildman–Crippen MR) is 135 cm³/mol. The molecule has 3 aromatic rings. The van der Waals surface area contributed by atoms with Gasteiger partial charge < -0.3 is 31.6 Å². The first-order chi connectivity index (χ1) is 16.6. The lowest BCUT2D eigenvalue weighted by Crippen LogP contribution is -2.39. The van der Waals surface area contributed by atoms with Gasteiger partial charge in [-0.1, -0.05) is 13.8 Å². The number of pyridine rings is 1. The monoisotopic (exact) mass is 487 g/mol. The van der Waals surface area contributed by atoms with E-state index in [9.17, 15) is 9.18 Å². The Labute approximate surface area is 204 Å². The van der Waals surface area contributed by atoms with Gasteiger partial charge in [0, 0.05) is 24.9 Å². The van der Waals surface area contributed by atoms with Crippen molar-refractivity contribution in [3.8, 4) is 5.88 Å². The van der Waals surface area contributed by atoms with Crippen LogP contribution >= 0.6 is 0 Å². The van der Waals surface area contributed by atoms with Gasteiger partial charge in [-0.15, -0.1) is 5.10 Å². The molecule has 0 aliphatic heterocycles. The van der Waals surface area contributed by atoms with Crippen LogP contribution in [0.4, 0.5) is 21.7 Å². The zero-order valence-corrected chi connectivity index (χ0v) is 20.8. The van der Waals surface area contributed by atoms with E-state index >= 15 is 0 Å². The van der Waals surface area contributed by atoms with Crippen molar-refractivity contribution >= 4 is 34.1 Å². The second-order valence-corrected chi connectivity index (χ2v) is 8.90. The average molecular weight is 488 g/mol. The lowest BCUT2D eigenvalue weighted by molar-refractivity contribution is 0.100. The predicted octanol–water partition coefficient (Wildman–Crippen LogP) is 3.24. The maximum Gasteiger partial charge on any atom is 0.252 e. The third-order valence-electron chi connectivity index (χ3n) is 5.60. The first-order valence-electron chi connectivity index (χ1n) is 11.5. The van der Waals surface area contributed by atoms with Crippen molar-refractivity contribution in [2.24, 2.45) is 17.4 Å². The fraction of sp³-hybridized carbons (Fsp3) is 0.458. The Hall–Kier alpha value is -3.44. The Kier molecular flexibility index (Phi) is 8.47. The highest BCUT2D eigenvalue weighted by molar-refractivity contribution is 5.99. The second-order valence-electron chi connectivity index (χ2n) is 8.90. The summed E-state index contributed by atoms with van der Waals surface area (Å²) >= 11 is 0. The van der Waals surface area contributed by atoms with Crippen LogP contribution in [0, 0.1) is 11.7 Å². The number of methoxy groups -OCH3 is 2. The Bertz CT molecular complexity index is 1180. The Morgan fingerprint density at radius 1 is 1.20 bits per heavy atom. The van der Waals surface area contributed by atoms with Gasteiger partial charge in [0.25, 0.3) is 5.91 Å². The van der Waals surface area contributed by atoms with Crippen molar-refractivity contribution in [2.75, 3.05) is 31.5 Å². The molecule has 11 heteroatoms. The number of carbonyl (C=O) groups is 1. The standard InChI is InChI=1S/C24H34FN7O3/c1-13(2)10-19(14(3)26)29-23-18(25)12-17(21(27)33)22(30-23)28-15-6-7-20-16(11-15)24(35-5)31-32(20)8-9-34-4/h6-7,11-14,19H,8-10,26H2,1-5H3,(H2,27,33)(H2,28,29,30)/t14-,19+/m0/s1. The van der Waals surface area contributed by atoms with Gasteiger partial charge in [0.05, 0.1) is 36.7 Å². The molecule has 0 saturated carbocycles. The number of nitrogens with one attached hydrogen (secondary N) is 2. The lowest BCUT2D eigenvalue weighted by atomic mass is 9.99. The van der Waals surface area contributed by atoms with Crippen LogP contribution in [0.1, 0.15) is 37.6 Å². The molecule has 0 spiro atoms. The minimum atomic E-state index is -0.803. The molecule has 1 aromatic carbocycles. The van der Waals surface area contributed by atoms with Gasteiger partial charge in [-0.2, -0.15) is 0 Å². The number of nitrogens with two attached hydrogens (primary N) is 2. The van der Waals surface area contributed by atoms with E-state index in [4.69, 9.17) is 20.9 Å². The first-order valence-corrected chi connectivity index (χ1v) is 11.5. The molecule has 2 aromatic heterocycles. The Morgan fingerprint density at radius 3 is 2.54 bits per heavy atom. The van der Waals surface area contributed by atoms with Gasteiger partial charge in [-0.05, 0) is 43.5 Å². The molecule has 0 unspecified atom stereocenters. The topological polar surface area (TPSA) is 142 Å². The maximum absolute atomic E-state index is 14.9. The zero-order chi connectivity index (χ0) is 25.7. The van der Waals surface area contributed by atoms with Crippen molar-refractivity contribution in [3.63, 3.8) is 0 Å². The molecule has 2 atom stereocenters. The van der Waals surface area contributed by atoms with Gasteiger partial charge in [-0.3, -0.25) is 9.48 Å². The van der Waals surface area contributed by atoms with E-state index in [2.05, 4.69) is 34.6 Å². The fourth-order valence-electron chi connectivity index (χ4n) is 3.82. The summed E-state index contributed by atoms with van der Waals surface area (Å²) in [6.07, 6.45) is 0.725. The van der Waals surface area contributed by atoms with Crippen molar-refractivity contribution in [1.29, 1.82) is 0 Å². The number of hydrogen-bond donors (Lipinski definition) is 4. The number of aromatic nitrogens is 3. The number of halogens is 1. The van der Waals surface area contributed by atoms with Crippen LogP contribution in [0.25, 0.3) is 10.9 Å². The van der Waals surface area contributed by atoms with E-state index in [1.54, 1.807) is 25.0 Å². The average Bonchev–Trinajstić information content (AvgIpc) is 3.15. The van der Waals surface area contributed by atoms with Crippen molar-refractivity contribution in [2.45, 2.75) is 45.8 Å². The highest BCUT2D eigenvalue weighted by atomic mass is 19.1. The number of hydrogen-bond acceptors (Lipinski definition) is 8. The van der Waals surface area contributed by atoms with Gasteiger partial charge in [0.2, 0.25) is 5.88 Å².